The minimum atomic E-state index is 0.484. The summed E-state index contributed by atoms with van der Waals surface area (Å²) in [6.45, 7) is 3.85. The van der Waals surface area contributed by atoms with Gasteiger partial charge in [0.15, 0.2) is 0 Å². The number of morpholine rings is 1. The molecule has 1 aliphatic rings. The van der Waals surface area contributed by atoms with Crippen LogP contribution in [0.25, 0.3) is 0 Å². The molecule has 0 saturated carbocycles. The van der Waals surface area contributed by atoms with E-state index in [0.717, 1.165) is 26.1 Å². The third-order valence-corrected chi connectivity index (χ3v) is 3.70. The average molecular weight is 284 g/mol. The number of halogens is 1. The van der Waals surface area contributed by atoms with Crippen molar-refractivity contribution >= 4 is 15.9 Å². The molecule has 0 spiro atoms. The molecule has 0 amide bonds. The van der Waals surface area contributed by atoms with Crippen molar-refractivity contribution in [1.82, 2.24) is 5.32 Å². The molecule has 0 aromatic heterocycles. The highest BCUT2D eigenvalue weighted by Crippen LogP contribution is 2.18. The Balaban J connectivity index is 1.85. The lowest BCUT2D eigenvalue weighted by atomic mass is 10.0. The van der Waals surface area contributed by atoms with Crippen LogP contribution < -0.4 is 5.32 Å². The van der Waals surface area contributed by atoms with Crippen LogP contribution >= 0.6 is 15.9 Å². The lowest BCUT2D eigenvalue weighted by Crippen LogP contribution is -2.47. The van der Waals surface area contributed by atoms with E-state index in [4.69, 9.17) is 4.74 Å². The molecule has 88 valence electrons. The monoisotopic (exact) mass is 283 g/mol. The van der Waals surface area contributed by atoms with Gasteiger partial charge in [-0.1, -0.05) is 34.1 Å². The summed E-state index contributed by atoms with van der Waals surface area (Å²) in [5, 5.41) is 3.57. The van der Waals surface area contributed by atoms with Crippen LogP contribution in [0.5, 0.6) is 0 Å². The SMILES string of the molecule is CC1COCC(CCc2ccccc2Br)N1. The van der Waals surface area contributed by atoms with E-state index in [0.29, 0.717) is 12.1 Å². The van der Waals surface area contributed by atoms with Crippen LogP contribution in [-0.4, -0.2) is 25.3 Å². The molecule has 2 atom stereocenters. The van der Waals surface area contributed by atoms with Gasteiger partial charge >= 0.3 is 0 Å². The number of rotatable bonds is 3. The minimum absolute atomic E-state index is 0.484. The Hall–Kier alpha value is -0.380. The Morgan fingerprint density at radius 1 is 1.38 bits per heavy atom. The topological polar surface area (TPSA) is 21.3 Å². The number of hydrogen-bond donors (Lipinski definition) is 1. The normalized spacial score (nSPS) is 25.6. The summed E-state index contributed by atoms with van der Waals surface area (Å²) in [4.78, 5) is 0. The molecule has 0 radical (unpaired) electrons. The van der Waals surface area contributed by atoms with Crippen molar-refractivity contribution in [2.24, 2.45) is 0 Å². The zero-order chi connectivity index (χ0) is 11.4. The molecule has 2 rings (SSSR count). The van der Waals surface area contributed by atoms with Gasteiger partial charge in [0.2, 0.25) is 0 Å². The van der Waals surface area contributed by atoms with Gasteiger partial charge in [0, 0.05) is 16.6 Å². The lowest BCUT2D eigenvalue weighted by molar-refractivity contribution is 0.0483. The fraction of sp³-hybridized carbons (Fsp3) is 0.538. The Morgan fingerprint density at radius 3 is 2.94 bits per heavy atom. The third kappa shape index (κ3) is 3.30. The second-order valence-electron chi connectivity index (χ2n) is 4.43. The van der Waals surface area contributed by atoms with Crippen molar-refractivity contribution < 1.29 is 4.74 Å². The molecule has 1 N–H and O–H groups in total. The largest absolute Gasteiger partial charge is 0.378 e. The number of hydrogen-bond acceptors (Lipinski definition) is 2. The fourth-order valence-corrected chi connectivity index (χ4v) is 2.57. The van der Waals surface area contributed by atoms with Crippen molar-refractivity contribution in [1.29, 1.82) is 0 Å². The molecule has 0 aliphatic carbocycles. The number of aryl methyl sites for hydroxylation is 1. The van der Waals surface area contributed by atoms with Crippen LogP contribution in [0, 0.1) is 0 Å². The maximum Gasteiger partial charge on any atom is 0.0620 e. The van der Waals surface area contributed by atoms with E-state index in [1.54, 1.807) is 0 Å². The highest BCUT2D eigenvalue weighted by molar-refractivity contribution is 9.10. The van der Waals surface area contributed by atoms with Gasteiger partial charge in [0.1, 0.15) is 0 Å². The van der Waals surface area contributed by atoms with E-state index >= 15 is 0 Å². The van der Waals surface area contributed by atoms with Gasteiger partial charge in [-0.2, -0.15) is 0 Å². The third-order valence-electron chi connectivity index (χ3n) is 2.93. The van der Waals surface area contributed by atoms with Gasteiger partial charge in [-0.15, -0.1) is 0 Å². The zero-order valence-electron chi connectivity index (χ0n) is 9.58. The first-order valence-electron chi connectivity index (χ1n) is 5.83. The molecule has 3 heteroatoms. The van der Waals surface area contributed by atoms with Crippen molar-refractivity contribution in [3.05, 3.63) is 34.3 Å². The van der Waals surface area contributed by atoms with Crippen LogP contribution in [0.15, 0.2) is 28.7 Å². The van der Waals surface area contributed by atoms with Gasteiger partial charge in [0.05, 0.1) is 13.2 Å². The predicted octanol–water partition coefficient (Wildman–Crippen LogP) is 2.76. The van der Waals surface area contributed by atoms with Crippen molar-refractivity contribution in [3.8, 4) is 0 Å². The molecule has 16 heavy (non-hydrogen) atoms. The summed E-state index contributed by atoms with van der Waals surface area (Å²) >= 11 is 3.58. The van der Waals surface area contributed by atoms with Crippen molar-refractivity contribution in [3.63, 3.8) is 0 Å². The Morgan fingerprint density at radius 2 is 2.19 bits per heavy atom. The summed E-state index contributed by atoms with van der Waals surface area (Å²) in [6.07, 6.45) is 2.22. The molecule has 1 fully saturated rings. The van der Waals surface area contributed by atoms with Crippen LogP contribution in [0.2, 0.25) is 0 Å². The molecule has 2 unspecified atom stereocenters. The molecule has 0 bridgehead atoms. The van der Waals surface area contributed by atoms with E-state index in [1.165, 1.54) is 10.0 Å². The Bertz CT molecular complexity index is 342. The first-order valence-corrected chi connectivity index (χ1v) is 6.62. The van der Waals surface area contributed by atoms with E-state index < -0.39 is 0 Å². The quantitative estimate of drug-likeness (QED) is 0.921. The van der Waals surface area contributed by atoms with Crippen LogP contribution in [0.4, 0.5) is 0 Å². The van der Waals surface area contributed by atoms with Crippen molar-refractivity contribution in [2.75, 3.05) is 13.2 Å². The maximum atomic E-state index is 5.54. The van der Waals surface area contributed by atoms with Gasteiger partial charge in [-0.05, 0) is 31.4 Å². The highest BCUT2D eigenvalue weighted by Gasteiger charge is 2.17. The summed E-state index contributed by atoms with van der Waals surface area (Å²) < 4.78 is 6.75. The molecule has 1 saturated heterocycles. The molecular weight excluding hydrogens is 266 g/mol. The fourth-order valence-electron chi connectivity index (χ4n) is 2.08. The van der Waals surface area contributed by atoms with Gasteiger partial charge < -0.3 is 10.1 Å². The molecule has 2 nitrogen and oxygen atoms in total. The number of nitrogens with one attached hydrogen (secondary N) is 1. The first-order chi connectivity index (χ1) is 7.75. The summed E-state index contributed by atoms with van der Waals surface area (Å²) in [6, 6.07) is 9.40. The van der Waals surface area contributed by atoms with Gasteiger partial charge in [0.25, 0.3) is 0 Å². The predicted molar refractivity (Wildman–Crippen MR) is 69.7 cm³/mol. The minimum Gasteiger partial charge on any atom is -0.378 e. The van der Waals surface area contributed by atoms with Crippen molar-refractivity contribution in [2.45, 2.75) is 31.8 Å². The second-order valence-corrected chi connectivity index (χ2v) is 5.29. The molecule has 1 heterocycles. The molecule has 1 aromatic rings. The van der Waals surface area contributed by atoms with E-state index in [9.17, 15) is 0 Å². The zero-order valence-corrected chi connectivity index (χ0v) is 11.2. The standard InChI is InChI=1S/C13H18BrNO/c1-10-8-16-9-12(15-10)7-6-11-4-2-3-5-13(11)14/h2-5,10,12,15H,6-9H2,1H3. The van der Waals surface area contributed by atoms with Crippen LogP contribution in [-0.2, 0) is 11.2 Å². The molecular formula is C13H18BrNO. The highest BCUT2D eigenvalue weighted by atomic mass is 79.9. The maximum absolute atomic E-state index is 5.54. The number of benzene rings is 1. The number of ether oxygens (including phenoxy) is 1. The summed E-state index contributed by atoms with van der Waals surface area (Å²) in [7, 11) is 0. The van der Waals surface area contributed by atoms with Gasteiger partial charge in [-0.25, -0.2) is 0 Å². The Labute approximate surface area is 106 Å². The second kappa shape index (κ2) is 5.80. The smallest absolute Gasteiger partial charge is 0.0620 e. The lowest BCUT2D eigenvalue weighted by Gasteiger charge is -2.29. The van der Waals surface area contributed by atoms with E-state index in [-0.39, 0.29) is 0 Å². The molecule has 1 aliphatic heterocycles. The van der Waals surface area contributed by atoms with E-state index in [1.807, 2.05) is 0 Å². The summed E-state index contributed by atoms with van der Waals surface area (Å²) in [5.41, 5.74) is 1.38. The van der Waals surface area contributed by atoms with Crippen LogP contribution in [0.3, 0.4) is 0 Å². The van der Waals surface area contributed by atoms with Gasteiger partial charge in [-0.3, -0.25) is 0 Å². The molecule has 1 aromatic carbocycles. The summed E-state index contributed by atoms with van der Waals surface area (Å²) in [5.74, 6) is 0. The van der Waals surface area contributed by atoms with Crippen LogP contribution in [0.1, 0.15) is 18.9 Å². The first kappa shape index (κ1) is 12.1. The van der Waals surface area contributed by atoms with E-state index in [2.05, 4.69) is 52.4 Å². The average Bonchev–Trinajstić information content (AvgIpc) is 2.28. The Kier molecular flexibility index (Phi) is 4.38.